The molecule has 0 aliphatic carbocycles. The van der Waals surface area contributed by atoms with Crippen molar-refractivity contribution in [3.63, 3.8) is 0 Å². The minimum Gasteiger partial charge on any atom is -0.369 e. The van der Waals surface area contributed by atoms with Crippen LogP contribution in [0, 0.1) is 0 Å². The maximum absolute atomic E-state index is 13.1. The molecule has 38 heavy (non-hydrogen) atoms. The van der Waals surface area contributed by atoms with Gasteiger partial charge >= 0.3 is 10.2 Å². The van der Waals surface area contributed by atoms with E-state index in [1.165, 1.54) is 19.1 Å². The first-order valence-corrected chi connectivity index (χ1v) is 15.2. The van der Waals surface area contributed by atoms with Gasteiger partial charge in [-0.15, -0.1) is 3.89 Å². The van der Waals surface area contributed by atoms with Gasteiger partial charge in [0.15, 0.2) is 0 Å². The van der Waals surface area contributed by atoms with E-state index in [4.69, 9.17) is 39.2 Å². The van der Waals surface area contributed by atoms with E-state index in [1.807, 2.05) is 32.0 Å². The van der Waals surface area contributed by atoms with Crippen molar-refractivity contribution in [3.05, 3.63) is 57.6 Å². The van der Waals surface area contributed by atoms with Crippen LogP contribution in [-0.2, 0) is 33.2 Å². The van der Waals surface area contributed by atoms with E-state index in [1.54, 1.807) is 4.90 Å². The predicted octanol–water partition coefficient (Wildman–Crippen LogP) is 4.30. The lowest BCUT2D eigenvalue weighted by Gasteiger charge is -2.38. The molecule has 0 bridgehead atoms. The van der Waals surface area contributed by atoms with Crippen LogP contribution in [0.1, 0.15) is 44.7 Å². The average Bonchev–Trinajstić information content (AvgIpc) is 2.76. The molecule has 0 radical (unpaired) electrons. The highest BCUT2D eigenvalue weighted by atomic mass is 35.5. The Hall–Kier alpha value is -2.45. The maximum atomic E-state index is 13.1. The Balaban J connectivity index is 0.000000757. The molecule has 3 rings (SSSR count). The molecule has 5 N–H and O–H groups in total. The smallest absolute Gasteiger partial charge is 0.332 e. The van der Waals surface area contributed by atoms with Gasteiger partial charge in [-0.05, 0) is 81.8 Å². The minimum absolute atomic E-state index is 0.132. The fourth-order valence-corrected chi connectivity index (χ4v) is 4.74. The number of aliphatic imine (C=N–C) groups is 2. The Bertz CT molecular complexity index is 1450. The van der Waals surface area contributed by atoms with Gasteiger partial charge in [-0.2, -0.15) is 21.8 Å². The number of nitrogens with zero attached hydrogens (tertiary/aromatic N) is 3. The first-order chi connectivity index (χ1) is 17.4. The number of guanidine groups is 2. The van der Waals surface area contributed by atoms with Gasteiger partial charge in [0.2, 0.25) is 11.9 Å². The molecular weight excluding hydrogens is 580 g/mol. The van der Waals surface area contributed by atoms with Crippen molar-refractivity contribution in [1.29, 1.82) is 0 Å². The molecule has 0 amide bonds. The van der Waals surface area contributed by atoms with Crippen LogP contribution >= 0.6 is 23.2 Å². The van der Waals surface area contributed by atoms with Crippen molar-refractivity contribution in [3.8, 4) is 0 Å². The van der Waals surface area contributed by atoms with Crippen LogP contribution in [0.3, 0.4) is 0 Å². The number of rotatable bonds is 8. The highest BCUT2D eigenvalue weighted by Gasteiger charge is 2.33. The van der Waals surface area contributed by atoms with Gasteiger partial charge in [0.1, 0.15) is 5.66 Å². The fraction of sp³-hybridized carbons (Fsp3) is 0.391. The number of nitrogens with two attached hydrogens (primary N) is 2. The standard InChI is InChI=1S/C21H24Cl2FN5O2S.C2H6O3S/c1-21(2)28-19(25)27-20(26)29(21)15-9-7-13(17(22)11-15)5-3-4-6-14-8-10-16(12-18(14)23)32(24,30)31;1-2-6(3,4)5/h7-12H,3-6H2,1-2H3,(H4,25,26,27,28);2H2,1H3,(H,3,4,5). The van der Waals surface area contributed by atoms with Gasteiger partial charge in [-0.1, -0.05) is 35.3 Å². The number of anilines is 1. The van der Waals surface area contributed by atoms with Crippen LogP contribution in [0.2, 0.25) is 10.0 Å². The van der Waals surface area contributed by atoms with Gasteiger partial charge in [-0.3, -0.25) is 9.45 Å². The van der Waals surface area contributed by atoms with Crippen molar-refractivity contribution in [1.82, 2.24) is 0 Å². The molecule has 210 valence electrons. The van der Waals surface area contributed by atoms with Crippen LogP contribution in [0.5, 0.6) is 0 Å². The summed E-state index contributed by atoms with van der Waals surface area (Å²) in [4.78, 5) is 9.71. The lowest BCUT2D eigenvalue weighted by atomic mass is 10.0. The number of aryl methyl sites for hydroxylation is 2. The third-order valence-electron chi connectivity index (χ3n) is 5.50. The summed E-state index contributed by atoms with van der Waals surface area (Å²) >= 11 is 12.6. The molecule has 2 aromatic carbocycles. The molecule has 0 spiro atoms. The van der Waals surface area contributed by atoms with Gasteiger partial charge in [-0.25, -0.2) is 4.99 Å². The monoisotopic (exact) mass is 609 g/mol. The summed E-state index contributed by atoms with van der Waals surface area (Å²) in [5.74, 6) is 0.176. The van der Waals surface area contributed by atoms with Crippen molar-refractivity contribution in [2.45, 2.75) is 57.0 Å². The second kappa shape index (κ2) is 12.6. The molecule has 1 heterocycles. The molecule has 1 aliphatic heterocycles. The van der Waals surface area contributed by atoms with E-state index in [0.29, 0.717) is 11.4 Å². The first-order valence-electron chi connectivity index (χ1n) is 11.4. The SMILES string of the molecule is CC1(C)N=C(N)N=C(N)N1c1ccc(CCCCc2ccc(S(=O)(=O)F)cc2Cl)c(Cl)c1.CCS(=O)(=O)O. The molecule has 0 saturated heterocycles. The number of benzene rings is 2. The van der Waals surface area contributed by atoms with E-state index in [9.17, 15) is 20.7 Å². The quantitative estimate of drug-likeness (QED) is 0.226. The van der Waals surface area contributed by atoms with Crippen LogP contribution in [0.15, 0.2) is 51.3 Å². The van der Waals surface area contributed by atoms with Gasteiger partial charge in [0.25, 0.3) is 10.1 Å². The first kappa shape index (κ1) is 31.8. The second-order valence-electron chi connectivity index (χ2n) is 8.81. The Morgan fingerprint density at radius 3 is 1.89 bits per heavy atom. The number of unbranched alkanes of at least 4 members (excludes halogenated alkanes) is 1. The number of hydrogen-bond donors (Lipinski definition) is 3. The second-order valence-corrected chi connectivity index (χ2v) is 12.7. The molecule has 0 fully saturated rings. The summed E-state index contributed by atoms with van der Waals surface area (Å²) in [6, 6.07) is 9.58. The third kappa shape index (κ3) is 9.09. The van der Waals surface area contributed by atoms with E-state index >= 15 is 0 Å². The topological polar surface area (TPSA) is 169 Å². The van der Waals surface area contributed by atoms with E-state index in [2.05, 4.69) is 9.98 Å². The highest BCUT2D eigenvalue weighted by Crippen LogP contribution is 2.31. The molecule has 1 aliphatic rings. The Labute approximate surface area is 232 Å². The lowest BCUT2D eigenvalue weighted by Crippen LogP contribution is -2.54. The van der Waals surface area contributed by atoms with Crippen molar-refractivity contribution in [2.24, 2.45) is 21.5 Å². The van der Waals surface area contributed by atoms with Crippen molar-refractivity contribution >= 4 is 61.1 Å². The van der Waals surface area contributed by atoms with Gasteiger partial charge in [0.05, 0.1) is 10.6 Å². The van der Waals surface area contributed by atoms with Crippen molar-refractivity contribution in [2.75, 3.05) is 10.7 Å². The lowest BCUT2D eigenvalue weighted by molar-refractivity contribution is 0.484. The van der Waals surface area contributed by atoms with E-state index < -0.39 is 30.9 Å². The minimum atomic E-state index is -4.76. The predicted molar refractivity (Wildman–Crippen MR) is 150 cm³/mol. The summed E-state index contributed by atoms with van der Waals surface area (Å²) in [5, 5.41) is 0.835. The number of halogens is 3. The molecule has 0 unspecified atom stereocenters. The Morgan fingerprint density at radius 2 is 1.47 bits per heavy atom. The van der Waals surface area contributed by atoms with Gasteiger partial charge in [0, 0.05) is 15.7 Å². The zero-order valence-electron chi connectivity index (χ0n) is 21.0. The summed E-state index contributed by atoms with van der Waals surface area (Å²) < 4.78 is 61.9. The molecule has 0 atom stereocenters. The third-order valence-corrected chi connectivity index (χ3v) is 7.75. The summed E-state index contributed by atoms with van der Waals surface area (Å²) in [7, 11) is -8.43. The maximum Gasteiger partial charge on any atom is 0.332 e. The molecule has 0 aromatic heterocycles. The molecule has 10 nitrogen and oxygen atoms in total. The Kier molecular flexibility index (Phi) is 10.5. The van der Waals surface area contributed by atoms with E-state index in [0.717, 1.165) is 42.1 Å². The van der Waals surface area contributed by atoms with Crippen molar-refractivity contribution < 1.29 is 25.3 Å². The fourth-order valence-electron chi connectivity index (χ4n) is 3.64. The highest BCUT2D eigenvalue weighted by molar-refractivity contribution is 7.86. The molecular formula is C23H30Cl2FN5O5S2. The molecule has 15 heteroatoms. The van der Waals surface area contributed by atoms with Crippen LogP contribution in [0.4, 0.5) is 9.57 Å². The summed E-state index contributed by atoms with van der Waals surface area (Å²) in [6.07, 6.45) is 3.01. The average molecular weight is 611 g/mol. The van der Waals surface area contributed by atoms with Crippen LogP contribution in [0.25, 0.3) is 0 Å². The largest absolute Gasteiger partial charge is 0.369 e. The molecule has 2 aromatic rings. The summed E-state index contributed by atoms with van der Waals surface area (Å²) in [5.41, 5.74) is 13.6. The molecule has 0 saturated carbocycles. The van der Waals surface area contributed by atoms with Crippen LogP contribution < -0.4 is 16.4 Å². The number of hydrogen-bond acceptors (Lipinski definition) is 9. The summed E-state index contributed by atoms with van der Waals surface area (Å²) in [6.45, 7) is 5.13. The zero-order valence-corrected chi connectivity index (χ0v) is 24.2. The van der Waals surface area contributed by atoms with Crippen LogP contribution in [-0.4, -0.2) is 44.7 Å². The normalized spacial score (nSPS) is 15.3. The van der Waals surface area contributed by atoms with Gasteiger partial charge < -0.3 is 11.5 Å². The van der Waals surface area contributed by atoms with E-state index in [-0.39, 0.29) is 22.7 Å². The Morgan fingerprint density at radius 1 is 0.974 bits per heavy atom. The zero-order chi connectivity index (χ0) is 28.9.